The fraction of sp³-hybridized carbons (Fsp3) is 0.0870. The van der Waals surface area contributed by atoms with Gasteiger partial charge in [-0.3, -0.25) is 4.79 Å². The minimum absolute atomic E-state index is 0.161. The van der Waals surface area contributed by atoms with Gasteiger partial charge >= 0.3 is 0 Å². The number of aryl methyl sites for hydroxylation is 1. The largest absolute Gasteiger partial charge is 0.504 e. The van der Waals surface area contributed by atoms with E-state index >= 15 is 0 Å². The van der Waals surface area contributed by atoms with Gasteiger partial charge in [-0.15, -0.1) is 0 Å². The first-order valence-electron chi connectivity index (χ1n) is 9.40. The molecule has 3 rings (SSSR count). The maximum absolute atomic E-state index is 13.3. The third kappa shape index (κ3) is 6.39. The summed E-state index contributed by atoms with van der Waals surface area (Å²) in [6.45, 7) is 0. The van der Waals surface area contributed by atoms with Gasteiger partial charge < -0.3 is 15.5 Å². The minimum Gasteiger partial charge on any atom is -0.504 e. The van der Waals surface area contributed by atoms with Crippen molar-refractivity contribution < 1.29 is 32.2 Å². The number of phenols is 2. The lowest BCUT2D eigenvalue weighted by Crippen LogP contribution is -2.12. The van der Waals surface area contributed by atoms with Crippen LogP contribution in [-0.2, 0) is 16.3 Å². The quantitative estimate of drug-likeness (QED) is 0.458. The molecule has 1 amide bonds. The van der Waals surface area contributed by atoms with Crippen LogP contribution in [0.2, 0.25) is 0 Å². The van der Waals surface area contributed by atoms with Crippen LogP contribution in [0, 0.1) is 11.6 Å². The second-order valence-corrected chi connectivity index (χ2v) is 8.98. The molecule has 166 valence electrons. The van der Waals surface area contributed by atoms with E-state index in [1.54, 1.807) is 24.3 Å². The molecule has 0 spiro atoms. The van der Waals surface area contributed by atoms with Gasteiger partial charge in [0.05, 0.1) is 5.75 Å². The fourth-order valence-corrected chi connectivity index (χ4v) is 3.82. The fourth-order valence-electron chi connectivity index (χ4n) is 2.80. The summed E-state index contributed by atoms with van der Waals surface area (Å²) in [7, 11) is -3.54. The maximum atomic E-state index is 13.3. The smallest absolute Gasteiger partial charge is 0.255 e. The average molecular weight is 459 g/mol. The molecule has 0 saturated carbocycles. The van der Waals surface area contributed by atoms with Crippen LogP contribution in [0.1, 0.15) is 21.5 Å². The Bertz CT molecular complexity index is 1250. The van der Waals surface area contributed by atoms with Gasteiger partial charge in [-0.1, -0.05) is 18.2 Å². The number of carbonyl (C=O) groups is 1. The molecule has 0 fully saturated rings. The van der Waals surface area contributed by atoms with Gasteiger partial charge in [-0.2, -0.15) is 0 Å². The van der Waals surface area contributed by atoms with Crippen molar-refractivity contribution >= 4 is 27.5 Å². The first-order valence-corrected chi connectivity index (χ1v) is 11.1. The van der Waals surface area contributed by atoms with Crippen molar-refractivity contribution in [2.24, 2.45) is 0 Å². The van der Waals surface area contributed by atoms with Crippen LogP contribution < -0.4 is 5.32 Å². The van der Waals surface area contributed by atoms with Crippen LogP contribution in [0.3, 0.4) is 0 Å². The summed E-state index contributed by atoms with van der Waals surface area (Å²) in [6.07, 6.45) is 1.54. The number of sulfone groups is 1. The summed E-state index contributed by atoms with van der Waals surface area (Å²) in [5, 5.41) is 22.3. The normalized spacial score (nSPS) is 11.6. The second-order valence-electron chi connectivity index (χ2n) is 6.98. The first kappa shape index (κ1) is 23.0. The molecule has 0 atom stereocenters. The van der Waals surface area contributed by atoms with Crippen LogP contribution >= 0.6 is 0 Å². The average Bonchev–Trinajstić information content (AvgIpc) is 2.73. The Kier molecular flexibility index (Phi) is 6.89. The molecule has 0 heterocycles. The number of hydrogen-bond donors (Lipinski definition) is 3. The first-order chi connectivity index (χ1) is 15.1. The van der Waals surface area contributed by atoms with Crippen molar-refractivity contribution in [3.63, 3.8) is 0 Å². The third-order valence-electron chi connectivity index (χ3n) is 4.48. The van der Waals surface area contributed by atoms with Crippen molar-refractivity contribution in [1.82, 2.24) is 0 Å². The highest BCUT2D eigenvalue weighted by Gasteiger charge is 2.11. The Balaban J connectivity index is 1.58. The lowest BCUT2D eigenvalue weighted by Gasteiger charge is -2.07. The summed E-state index contributed by atoms with van der Waals surface area (Å²) >= 11 is 0. The topological polar surface area (TPSA) is 104 Å². The number of carbonyl (C=O) groups excluding carboxylic acids is 1. The highest BCUT2D eigenvalue weighted by molar-refractivity contribution is 7.94. The summed E-state index contributed by atoms with van der Waals surface area (Å²) in [5.41, 5.74) is 1.35. The van der Waals surface area contributed by atoms with E-state index in [0.29, 0.717) is 22.9 Å². The molecule has 0 saturated heterocycles. The lowest BCUT2D eigenvalue weighted by molar-refractivity contribution is 0.102. The zero-order valence-electron chi connectivity index (χ0n) is 16.6. The van der Waals surface area contributed by atoms with E-state index in [1.807, 2.05) is 0 Å². The van der Waals surface area contributed by atoms with Gasteiger partial charge in [0.1, 0.15) is 11.6 Å². The van der Waals surface area contributed by atoms with E-state index in [0.717, 1.165) is 17.5 Å². The summed E-state index contributed by atoms with van der Waals surface area (Å²) in [6, 6.07) is 12.9. The number of phenolic OH excluding ortho intramolecular Hbond substituents is 2. The van der Waals surface area contributed by atoms with Crippen LogP contribution in [0.5, 0.6) is 11.5 Å². The number of nitrogens with one attached hydrogen (secondary N) is 1. The number of hydrogen-bond acceptors (Lipinski definition) is 5. The van der Waals surface area contributed by atoms with Crippen molar-refractivity contribution in [1.29, 1.82) is 0 Å². The molecule has 0 aromatic heterocycles. The molecule has 0 bridgehead atoms. The Morgan fingerprint density at radius 2 is 1.56 bits per heavy atom. The molecule has 32 heavy (non-hydrogen) atoms. The molecule has 0 unspecified atom stereocenters. The van der Waals surface area contributed by atoms with E-state index in [-0.39, 0.29) is 29.2 Å². The van der Waals surface area contributed by atoms with Crippen LogP contribution in [0.15, 0.2) is 66.1 Å². The summed E-state index contributed by atoms with van der Waals surface area (Å²) in [5.74, 6) is -3.20. The number of benzene rings is 3. The molecule has 0 aliphatic heterocycles. The van der Waals surface area contributed by atoms with Crippen LogP contribution in [0.25, 0.3) is 6.08 Å². The maximum Gasteiger partial charge on any atom is 0.255 e. The zero-order chi connectivity index (χ0) is 23.3. The third-order valence-corrected chi connectivity index (χ3v) is 5.80. The van der Waals surface area contributed by atoms with Gasteiger partial charge in [0.25, 0.3) is 5.91 Å². The van der Waals surface area contributed by atoms with E-state index in [9.17, 15) is 32.2 Å². The molecular weight excluding hydrogens is 440 g/mol. The van der Waals surface area contributed by atoms with Crippen LogP contribution in [0.4, 0.5) is 14.5 Å². The number of aromatic hydroxyl groups is 2. The molecule has 0 radical (unpaired) electrons. The number of anilines is 1. The molecule has 6 nitrogen and oxygen atoms in total. The van der Waals surface area contributed by atoms with Crippen molar-refractivity contribution in [2.75, 3.05) is 11.1 Å². The van der Waals surface area contributed by atoms with Gasteiger partial charge in [-0.05, 0) is 60.0 Å². The molecular formula is C23H19F2NO5S. The predicted molar refractivity (Wildman–Crippen MR) is 117 cm³/mol. The Morgan fingerprint density at radius 1 is 0.906 bits per heavy atom. The summed E-state index contributed by atoms with van der Waals surface area (Å²) in [4.78, 5) is 12.1. The molecule has 3 aromatic rings. The van der Waals surface area contributed by atoms with Gasteiger partial charge in [0.15, 0.2) is 21.3 Å². The highest BCUT2D eigenvalue weighted by atomic mass is 32.2. The van der Waals surface area contributed by atoms with E-state index < -0.39 is 27.4 Å². The van der Waals surface area contributed by atoms with E-state index in [4.69, 9.17) is 0 Å². The van der Waals surface area contributed by atoms with Gasteiger partial charge in [0, 0.05) is 22.7 Å². The Labute approximate surface area is 183 Å². The predicted octanol–water partition coefficient (Wildman–Crippen LogP) is 4.26. The molecule has 0 aliphatic carbocycles. The monoisotopic (exact) mass is 459 g/mol. The number of amides is 1. The van der Waals surface area contributed by atoms with Crippen molar-refractivity contribution in [3.05, 3.63) is 94.4 Å². The minimum atomic E-state index is -3.54. The van der Waals surface area contributed by atoms with E-state index in [2.05, 4.69) is 5.32 Å². The Morgan fingerprint density at radius 3 is 2.19 bits per heavy atom. The number of halogens is 2. The number of rotatable bonds is 7. The van der Waals surface area contributed by atoms with Crippen molar-refractivity contribution in [2.45, 2.75) is 6.42 Å². The lowest BCUT2D eigenvalue weighted by atomic mass is 10.1. The zero-order valence-corrected chi connectivity index (χ0v) is 17.4. The van der Waals surface area contributed by atoms with Crippen LogP contribution in [-0.4, -0.2) is 30.3 Å². The molecule has 0 aliphatic rings. The van der Waals surface area contributed by atoms with Gasteiger partial charge in [0.2, 0.25) is 0 Å². The molecule has 9 heteroatoms. The SMILES string of the molecule is O=C(Nc1ccc(CCS(=O)(=O)/C=C/c2ccc(O)c(O)c2)cc1)c1cc(F)cc(F)c1. The molecule has 3 N–H and O–H groups in total. The van der Waals surface area contributed by atoms with Gasteiger partial charge in [-0.25, -0.2) is 17.2 Å². The molecule has 3 aromatic carbocycles. The van der Waals surface area contributed by atoms with Crippen molar-refractivity contribution in [3.8, 4) is 11.5 Å². The Hall–Kier alpha value is -3.72. The summed E-state index contributed by atoms with van der Waals surface area (Å²) < 4.78 is 51.0. The second kappa shape index (κ2) is 9.61. The standard InChI is InChI=1S/C23H19F2NO5S/c24-18-12-17(13-19(25)14-18)23(29)26-20-4-1-15(2-5-20)7-9-32(30,31)10-8-16-3-6-21(27)22(28)11-16/h1-6,8,10-14,27-28H,7,9H2,(H,26,29)/b10-8+. The van der Waals surface area contributed by atoms with E-state index in [1.165, 1.54) is 24.3 Å². The highest BCUT2D eigenvalue weighted by Crippen LogP contribution is 2.25.